The Morgan fingerprint density at radius 3 is 2.80 bits per heavy atom. The molecule has 0 radical (unpaired) electrons. The number of methoxy groups -OCH3 is 1. The first-order valence-corrected chi connectivity index (χ1v) is 6.73. The first kappa shape index (κ1) is 14.5. The van der Waals surface area contributed by atoms with Gasteiger partial charge in [-0.05, 0) is 30.7 Å². The van der Waals surface area contributed by atoms with Gasteiger partial charge in [-0.25, -0.2) is 4.39 Å². The molecule has 106 valence electrons. The van der Waals surface area contributed by atoms with Crippen LogP contribution in [0.25, 0.3) is 0 Å². The minimum Gasteiger partial charge on any atom is -0.496 e. The van der Waals surface area contributed by atoms with Crippen molar-refractivity contribution in [2.75, 3.05) is 13.7 Å². The maximum Gasteiger partial charge on any atom is 0.141 e. The average molecular weight is 274 g/mol. The molecule has 3 nitrogen and oxygen atoms in total. The Hall–Kier alpha value is -1.94. The number of nitrogens with one attached hydrogen (secondary N) is 1. The fraction of sp³-hybridized carbons (Fsp3) is 0.312. The Kier molecular flexibility index (Phi) is 5.07. The Labute approximate surface area is 118 Å². The Morgan fingerprint density at radius 2 is 2.10 bits per heavy atom. The number of ether oxygens (including phenoxy) is 1. The van der Waals surface area contributed by atoms with Gasteiger partial charge in [-0.15, -0.1) is 0 Å². The first-order chi connectivity index (χ1) is 9.76. The van der Waals surface area contributed by atoms with Crippen LogP contribution in [0, 0.1) is 5.82 Å². The highest BCUT2D eigenvalue weighted by Gasteiger charge is 2.18. The molecule has 1 aromatic carbocycles. The largest absolute Gasteiger partial charge is 0.496 e. The first-order valence-electron chi connectivity index (χ1n) is 6.73. The fourth-order valence-corrected chi connectivity index (χ4v) is 2.19. The van der Waals surface area contributed by atoms with Crippen LogP contribution >= 0.6 is 0 Å². The molecule has 2 rings (SSSR count). The molecule has 0 aliphatic heterocycles. The lowest BCUT2D eigenvalue weighted by Crippen LogP contribution is -2.24. The van der Waals surface area contributed by atoms with Crippen molar-refractivity contribution in [1.29, 1.82) is 0 Å². The van der Waals surface area contributed by atoms with Crippen LogP contribution in [0.15, 0.2) is 42.7 Å². The minimum atomic E-state index is -0.333. The van der Waals surface area contributed by atoms with E-state index < -0.39 is 0 Å². The van der Waals surface area contributed by atoms with Gasteiger partial charge in [0, 0.05) is 11.8 Å². The van der Waals surface area contributed by atoms with Crippen molar-refractivity contribution in [2.45, 2.75) is 19.4 Å². The molecule has 4 heteroatoms. The van der Waals surface area contributed by atoms with Gasteiger partial charge in [-0.1, -0.05) is 25.1 Å². The SMILES string of the molecule is CCCNC(c1cncc(F)c1)c1ccccc1OC. The van der Waals surface area contributed by atoms with Crippen LogP contribution in [0.1, 0.15) is 30.5 Å². The molecule has 0 saturated heterocycles. The second kappa shape index (κ2) is 7.01. The van der Waals surface area contributed by atoms with Gasteiger partial charge in [0.05, 0.1) is 19.3 Å². The van der Waals surface area contributed by atoms with E-state index in [2.05, 4.69) is 17.2 Å². The second-order valence-corrected chi connectivity index (χ2v) is 4.57. The number of pyridine rings is 1. The van der Waals surface area contributed by atoms with Gasteiger partial charge in [-0.3, -0.25) is 4.98 Å². The summed E-state index contributed by atoms with van der Waals surface area (Å²) in [7, 11) is 1.64. The molecule has 2 aromatic rings. The predicted molar refractivity (Wildman–Crippen MR) is 77.3 cm³/mol. The lowest BCUT2D eigenvalue weighted by Gasteiger charge is -2.21. The zero-order chi connectivity index (χ0) is 14.4. The molecule has 0 fully saturated rings. The van der Waals surface area contributed by atoms with Crippen LogP contribution in [0.3, 0.4) is 0 Å². The predicted octanol–water partition coefficient (Wildman–Crippen LogP) is 3.32. The van der Waals surface area contributed by atoms with Crippen LogP contribution in [0.4, 0.5) is 4.39 Å². The van der Waals surface area contributed by atoms with Crippen molar-refractivity contribution in [2.24, 2.45) is 0 Å². The highest BCUT2D eigenvalue weighted by molar-refractivity contribution is 5.41. The van der Waals surface area contributed by atoms with Crippen molar-refractivity contribution in [3.8, 4) is 5.75 Å². The van der Waals surface area contributed by atoms with Crippen LogP contribution in [0.2, 0.25) is 0 Å². The quantitative estimate of drug-likeness (QED) is 0.877. The molecule has 20 heavy (non-hydrogen) atoms. The van der Waals surface area contributed by atoms with Gasteiger partial charge in [0.25, 0.3) is 0 Å². The van der Waals surface area contributed by atoms with Gasteiger partial charge in [-0.2, -0.15) is 0 Å². The summed E-state index contributed by atoms with van der Waals surface area (Å²) >= 11 is 0. The van der Waals surface area contributed by atoms with Crippen molar-refractivity contribution in [3.05, 3.63) is 59.7 Å². The monoisotopic (exact) mass is 274 g/mol. The summed E-state index contributed by atoms with van der Waals surface area (Å²) in [5, 5.41) is 3.42. The number of rotatable bonds is 6. The Balaban J connectivity index is 2.41. The van der Waals surface area contributed by atoms with E-state index in [-0.39, 0.29) is 11.9 Å². The summed E-state index contributed by atoms with van der Waals surface area (Å²) in [5.41, 5.74) is 1.78. The van der Waals surface area contributed by atoms with Crippen molar-refractivity contribution < 1.29 is 9.13 Å². The van der Waals surface area contributed by atoms with Gasteiger partial charge in [0.15, 0.2) is 0 Å². The molecule has 1 unspecified atom stereocenters. The number of aromatic nitrogens is 1. The number of nitrogens with zero attached hydrogens (tertiary/aromatic N) is 1. The van der Waals surface area contributed by atoms with E-state index in [1.807, 2.05) is 24.3 Å². The highest BCUT2D eigenvalue weighted by atomic mass is 19.1. The minimum absolute atomic E-state index is 0.130. The van der Waals surface area contributed by atoms with Crippen molar-refractivity contribution >= 4 is 0 Å². The number of hydrogen-bond acceptors (Lipinski definition) is 3. The summed E-state index contributed by atoms with van der Waals surface area (Å²) in [6.07, 6.45) is 3.89. The van der Waals surface area contributed by atoms with Crippen molar-refractivity contribution in [3.63, 3.8) is 0 Å². The van der Waals surface area contributed by atoms with E-state index in [0.717, 1.165) is 29.8 Å². The Bertz CT molecular complexity index is 560. The highest BCUT2D eigenvalue weighted by Crippen LogP contribution is 2.29. The molecule has 0 bridgehead atoms. The van der Waals surface area contributed by atoms with E-state index in [0.29, 0.717) is 0 Å². The average Bonchev–Trinajstić information content (AvgIpc) is 2.48. The van der Waals surface area contributed by atoms with E-state index in [4.69, 9.17) is 4.74 Å². The molecule has 1 atom stereocenters. The second-order valence-electron chi connectivity index (χ2n) is 4.57. The third kappa shape index (κ3) is 3.33. The molecule has 0 amide bonds. The summed E-state index contributed by atoms with van der Waals surface area (Å²) < 4.78 is 18.8. The third-order valence-electron chi connectivity index (χ3n) is 3.11. The molecule has 0 spiro atoms. The number of para-hydroxylation sites is 1. The summed E-state index contributed by atoms with van der Waals surface area (Å²) in [6.45, 7) is 2.93. The molecule has 1 heterocycles. The zero-order valence-corrected chi connectivity index (χ0v) is 11.8. The topological polar surface area (TPSA) is 34.2 Å². The summed E-state index contributed by atoms with van der Waals surface area (Å²) in [6, 6.07) is 9.13. The lowest BCUT2D eigenvalue weighted by molar-refractivity contribution is 0.403. The maximum absolute atomic E-state index is 13.4. The molecule has 0 aliphatic carbocycles. The van der Waals surface area contributed by atoms with Gasteiger partial charge >= 0.3 is 0 Å². The number of benzene rings is 1. The van der Waals surface area contributed by atoms with Gasteiger partial charge in [0.1, 0.15) is 11.6 Å². The molecule has 0 saturated carbocycles. The fourth-order valence-electron chi connectivity index (χ4n) is 2.19. The van der Waals surface area contributed by atoms with Gasteiger partial charge in [0.2, 0.25) is 0 Å². The smallest absolute Gasteiger partial charge is 0.141 e. The van der Waals surface area contributed by atoms with E-state index in [1.54, 1.807) is 13.3 Å². The molecule has 0 aliphatic rings. The maximum atomic E-state index is 13.4. The van der Waals surface area contributed by atoms with Crippen LogP contribution in [-0.2, 0) is 0 Å². The summed E-state index contributed by atoms with van der Waals surface area (Å²) in [4.78, 5) is 3.94. The molecular formula is C16H19FN2O. The molecule has 1 aromatic heterocycles. The third-order valence-corrected chi connectivity index (χ3v) is 3.11. The van der Waals surface area contributed by atoms with E-state index in [9.17, 15) is 4.39 Å². The van der Waals surface area contributed by atoms with E-state index in [1.165, 1.54) is 12.3 Å². The van der Waals surface area contributed by atoms with Gasteiger partial charge < -0.3 is 10.1 Å². The van der Waals surface area contributed by atoms with E-state index >= 15 is 0 Å². The molecular weight excluding hydrogens is 255 g/mol. The standard InChI is InChI=1S/C16H19FN2O/c1-3-8-19-16(12-9-13(17)11-18-10-12)14-6-4-5-7-15(14)20-2/h4-7,9-11,16,19H,3,8H2,1-2H3. The molecule has 1 N–H and O–H groups in total. The number of hydrogen-bond donors (Lipinski definition) is 1. The Morgan fingerprint density at radius 1 is 1.30 bits per heavy atom. The van der Waals surface area contributed by atoms with Crippen LogP contribution in [0.5, 0.6) is 5.75 Å². The summed E-state index contributed by atoms with van der Waals surface area (Å²) in [5.74, 6) is 0.450. The zero-order valence-electron chi connectivity index (χ0n) is 11.8. The lowest BCUT2D eigenvalue weighted by atomic mass is 9.99. The normalized spacial score (nSPS) is 12.2. The van der Waals surface area contributed by atoms with Crippen molar-refractivity contribution in [1.82, 2.24) is 10.3 Å². The van der Waals surface area contributed by atoms with Crippen LogP contribution in [-0.4, -0.2) is 18.6 Å². The number of halogens is 1. The van der Waals surface area contributed by atoms with Crippen LogP contribution < -0.4 is 10.1 Å².